The monoisotopic (exact) mass is 244 g/mol. The molecule has 5 nitrogen and oxygen atoms in total. The minimum Gasteiger partial charge on any atom is -0.278 e. The van der Waals surface area contributed by atoms with Gasteiger partial charge in [0.1, 0.15) is 5.69 Å². The van der Waals surface area contributed by atoms with Gasteiger partial charge < -0.3 is 0 Å². The zero-order valence-electron chi connectivity index (χ0n) is 10.8. The molecule has 18 heavy (non-hydrogen) atoms. The lowest BCUT2D eigenvalue weighted by atomic mass is 10.2. The van der Waals surface area contributed by atoms with Crippen molar-refractivity contribution in [1.29, 1.82) is 0 Å². The Balaban J connectivity index is 2.83. The van der Waals surface area contributed by atoms with E-state index in [1.165, 1.54) is 10.8 Å². The number of aromatic nitrogens is 4. The molecule has 0 unspecified atom stereocenters. The second-order valence-corrected chi connectivity index (χ2v) is 4.23. The zero-order chi connectivity index (χ0) is 13.3. The van der Waals surface area contributed by atoms with Crippen LogP contribution >= 0.6 is 0 Å². The minimum absolute atomic E-state index is 0.0899. The van der Waals surface area contributed by atoms with Gasteiger partial charge in [-0.2, -0.15) is 0 Å². The highest BCUT2D eigenvalue weighted by Crippen LogP contribution is 2.18. The standard InChI is InChI=1S/C13H16N4O/c1-5-9-8-14-11-12(15-9)17(10(6-2)7-3)13(18)16(11)4/h1,8,10H,6-7H2,2-4H3. The molecule has 0 N–H and O–H groups in total. The molecule has 0 radical (unpaired) electrons. The molecule has 0 aromatic carbocycles. The molecule has 0 aliphatic carbocycles. The number of nitrogens with zero attached hydrogens (tertiary/aromatic N) is 4. The summed E-state index contributed by atoms with van der Waals surface area (Å²) in [5.74, 6) is 2.45. The fourth-order valence-corrected chi connectivity index (χ4v) is 2.17. The van der Waals surface area contributed by atoms with Crippen LogP contribution in [0.1, 0.15) is 38.4 Å². The Hall–Kier alpha value is -2.09. The summed E-state index contributed by atoms with van der Waals surface area (Å²) >= 11 is 0. The maximum absolute atomic E-state index is 12.2. The molecule has 0 bridgehead atoms. The first kappa shape index (κ1) is 12.4. The minimum atomic E-state index is -0.0899. The average molecular weight is 244 g/mol. The molecule has 0 atom stereocenters. The molecule has 5 heteroatoms. The molecule has 0 amide bonds. The summed E-state index contributed by atoms with van der Waals surface area (Å²) in [4.78, 5) is 20.8. The third-order valence-corrected chi connectivity index (χ3v) is 3.23. The maximum atomic E-state index is 12.2. The molecule has 0 saturated carbocycles. The molecule has 0 saturated heterocycles. The van der Waals surface area contributed by atoms with Crippen LogP contribution in [0.3, 0.4) is 0 Å². The van der Waals surface area contributed by atoms with Crippen molar-refractivity contribution in [2.75, 3.05) is 0 Å². The average Bonchev–Trinajstić information content (AvgIpc) is 2.65. The van der Waals surface area contributed by atoms with Gasteiger partial charge in [0.05, 0.1) is 6.20 Å². The largest absolute Gasteiger partial charge is 0.331 e. The van der Waals surface area contributed by atoms with Gasteiger partial charge in [0.2, 0.25) is 0 Å². The summed E-state index contributed by atoms with van der Waals surface area (Å²) in [5.41, 5.74) is 1.51. The van der Waals surface area contributed by atoms with Gasteiger partial charge in [-0.15, -0.1) is 6.42 Å². The molecular formula is C13H16N4O. The van der Waals surface area contributed by atoms with Crippen LogP contribution < -0.4 is 5.69 Å². The van der Waals surface area contributed by atoms with E-state index in [1.54, 1.807) is 11.6 Å². The van der Waals surface area contributed by atoms with Crippen molar-refractivity contribution in [3.8, 4) is 12.3 Å². The molecule has 2 heterocycles. The smallest absolute Gasteiger partial charge is 0.278 e. The van der Waals surface area contributed by atoms with Crippen LogP contribution in [-0.4, -0.2) is 19.1 Å². The first-order valence-electron chi connectivity index (χ1n) is 6.04. The SMILES string of the molecule is C#Cc1cnc2c(n1)n(C(CC)CC)c(=O)n2C. The van der Waals surface area contributed by atoms with E-state index in [2.05, 4.69) is 29.7 Å². The topological polar surface area (TPSA) is 52.7 Å². The summed E-state index contributed by atoms with van der Waals surface area (Å²) in [6.45, 7) is 4.11. The molecule has 0 aliphatic heterocycles. The van der Waals surface area contributed by atoms with E-state index >= 15 is 0 Å². The Kier molecular flexibility index (Phi) is 3.19. The second-order valence-electron chi connectivity index (χ2n) is 4.23. The fourth-order valence-electron chi connectivity index (χ4n) is 2.17. The van der Waals surface area contributed by atoms with Gasteiger partial charge >= 0.3 is 5.69 Å². The Morgan fingerprint density at radius 3 is 2.61 bits per heavy atom. The second kappa shape index (κ2) is 4.65. The molecule has 0 fully saturated rings. The van der Waals surface area contributed by atoms with Crippen LogP contribution in [-0.2, 0) is 7.05 Å². The molecule has 94 valence electrons. The molecular weight excluding hydrogens is 228 g/mol. The van der Waals surface area contributed by atoms with Crippen molar-refractivity contribution in [1.82, 2.24) is 19.1 Å². The van der Waals surface area contributed by atoms with Crippen LogP contribution in [0, 0.1) is 12.3 Å². The molecule has 2 aromatic rings. The van der Waals surface area contributed by atoms with Crippen LogP contribution in [0.2, 0.25) is 0 Å². The van der Waals surface area contributed by atoms with Crippen molar-refractivity contribution in [3.63, 3.8) is 0 Å². The predicted molar refractivity (Wildman–Crippen MR) is 70.3 cm³/mol. The van der Waals surface area contributed by atoms with Crippen LogP contribution in [0.4, 0.5) is 0 Å². The summed E-state index contributed by atoms with van der Waals surface area (Å²) in [6.07, 6.45) is 8.59. The van der Waals surface area contributed by atoms with Crippen molar-refractivity contribution in [2.24, 2.45) is 7.05 Å². The summed E-state index contributed by atoms with van der Waals surface area (Å²) in [7, 11) is 1.70. The number of imidazole rings is 1. The highest BCUT2D eigenvalue weighted by atomic mass is 16.1. The van der Waals surface area contributed by atoms with E-state index in [-0.39, 0.29) is 11.7 Å². The lowest BCUT2D eigenvalue weighted by molar-refractivity contribution is 0.463. The first-order chi connectivity index (χ1) is 8.63. The maximum Gasteiger partial charge on any atom is 0.331 e. The Labute approximate surface area is 105 Å². The first-order valence-corrected chi connectivity index (χ1v) is 6.04. The van der Waals surface area contributed by atoms with Gasteiger partial charge in [0.15, 0.2) is 11.3 Å². The predicted octanol–water partition coefficient (Wildman–Crippen LogP) is 1.47. The van der Waals surface area contributed by atoms with E-state index in [1.807, 2.05) is 0 Å². The summed E-state index contributed by atoms with van der Waals surface area (Å²) in [6, 6.07) is 0.128. The molecule has 0 spiro atoms. The molecule has 2 aromatic heterocycles. The lowest BCUT2D eigenvalue weighted by Gasteiger charge is -2.13. The Morgan fingerprint density at radius 2 is 2.06 bits per heavy atom. The quantitative estimate of drug-likeness (QED) is 0.768. The zero-order valence-corrected chi connectivity index (χ0v) is 10.8. The number of hydrogen-bond acceptors (Lipinski definition) is 3. The van der Waals surface area contributed by atoms with Gasteiger partial charge in [0, 0.05) is 13.1 Å². The van der Waals surface area contributed by atoms with Gasteiger partial charge in [-0.3, -0.25) is 9.13 Å². The number of fused-ring (bicyclic) bond motifs is 1. The summed E-state index contributed by atoms with van der Waals surface area (Å²) < 4.78 is 3.21. The number of terminal acetylenes is 1. The Morgan fingerprint density at radius 1 is 1.39 bits per heavy atom. The van der Waals surface area contributed by atoms with E-state index in [0.717, 1.165) is 12.8 Å². The van der Waals surface area contributed by atoms with E-state index in [0.29, 0.717) is 17.0 Å². The molecule has 0 aliphatic rings. The highest BCUT2D eigenvalue weighted by Gasteiger charge is 2.18. The van der Waals surface area contributed by atoms with Crippen LogP contribution in [0.5, 0.6) is 0 Å². The lowest BCUT2D eigenvalue weighted by Crippen LogP contribution is -2.25. The van der Waals surface area contributed by atoms with Crippen molar-refractivity contribution >= 4 is 11.3 Å². The van der Waals surface area contributed by atoms with Gasteiger partial charge in [0.25, 0.3) is 0 Å². The van der Waals surface area contributed by atoms with Crippen LogP contribution in [0.15, 0.2) is 11.0 Å². The van der Waals surface area contributed by atoms with Crippen molar-refractivity contribution in [3.05, 3.63) is 22.4 Å². The van der Waals surface area contributed by atoms with Gasteiger partial charge in [-0.25, -0.2) is 14.8 Å². The normalized spacial score (nSPS) is 11.1. The Bertz CT molecular complexity index is 671. The third-order valence-electron chi connectivity index (χ3n) is 3.23. The third kappa shape index (κ3) is 1.70. The number of hydrogen-bond donors (Lipinski definition) is 0. The van der Waals surface area contributed by atoms with Crippen molar-refractivity contribution < 1.29 is 0 Å². The molecule has 2 rings (SSSR count). The highest BCUT2D eigenvalue weighted by molar-refractivity contribution is 5.67. The van der Waals surface area contributed by atoms with Gasteiger partial charge in [-0.1, -0.05) is 13.8 Å². The van der Waals surface area contributed by atoms with E-state index in [4.69, 9.17) is 6.42 Å². The van der Waals surface area contributed by atoms with Crippen LogP contribution in [0.25, 0.3) is 11.3 Å². The van der Waals surface area contributed by atoms with E-state index in [9.17, 15) is 4.79 Å². The number of rotatable bonds is 3. The number of aryl methyl sites for hydroxylation is 1. The fraction of sp³-hybridized carbons (Fsp3) is 0.462. The summed E-state index contributed by atoms with van der Waals surface area (Å²) in [5, 5.41) is 0. The van der Waals surface area contributed by atoms with Gasteiger partial charge in [-0.05, 0) is 18.8 Å². The van der Waals surface area contributed by atoms with E-state index < -0.39 is 0 Å². The van der Waals surface area contributed by atoms with Crippen molar-refractivity contribution in [2.45, 2.75) is 32.7 Å².